The molecule has 2 amide bonds. The average molecular weight is 365 g/mol. The lowest BCUT2D eigenvalue weighted by Crippen LogP contribution is -2.24. The van der Waals surface area contributed by atoms with Gasteiger partial charge in [0.2, 0.25) is 11.8 Å². The Bertz CT molecular complexity index is 810. The highest BCUT2D eigenvalue weighted by Crippen LogP contribution is 2.15. The average Bonchev–Trinajstić information content (AvgIpc) is 2.66. The maximum absolute atomic E-state index is 12.0. The van der Waals surface area contributed by atoms with E-state index in [1.165, 1.54) is 5.56 Å². The number of nitrogens with zero attached hydrogens (tertiary/aromatic N) is 1. The van der Waals surface area contributed by atoms with Crippen LogP contribution in [0.25, 0.3) is 0 Å². The summed E-state index contributed by atoms with van der Waals surface area (Å²) in [5.74, 6) is 0.341. The van der Waals surface area contributed by atoms with Crippen LogP contribution in [0.15, 0.2) is 48.5 Å². The van der Waals surface area contributed by atoms with Crippen LogP contribution < -0.4 is 15.4 Å². The summed E-state index contributed by atoms with van der Waals surface area (Å²) < 4.78 is 5.61. The molecule has 0 saturated carbocycles. The summed E-state index contributed by atoms with van der Waals surface area (Å²) in [7, 11) is 0. The molecule has 0 aromatic heterocycles. The largest absolute Gasteiger partial charge is 0.494 e. The van der Waals surface area contributed by atoms with Crippen molar-refractivity contribution in [2.24, 2.45) is 0 Å². The molecular weight excluding hydrogens is 342 g/mol. The van der Waals surface area contributed by atoms with Crippen molar-refractivity contribution in [3.63, 3.8) is 0 Å². The monoisotopic (exact) mass is 365 g/mol. The molecule has 0 aliphatic rings. The molecule has 27 heavy (non-hydrogen) atoms. The third kappa shape index (κ3) is 7.20. The third-order valence-electron chi connectivity index (χ3n) is 3.84. The van der Waals surface area contributed by atoms with Crippen LogP contribution >= 0.6 is 0 Å². The number of hydrogen-bond acceptors (Lipinski definition) is 4. The van der Waals surface area contributed by atoms with Crippen LogP contribution in [-0.4, -0.2) is 18.4 Å². The zero-order valence-electron chi connectivity index (χ0n) is 15.3. The summed E-state index contributed by atoms with van der Waals surface area (Å²) in [6.45, 7) is 2.79. The number of benzene rings is 2. The lowest BCUT2D eigenvalue weighted by Gasteiger charge is -2.11. The predicted octanol–water partition coefficient (Wildman–Crippen LogP) is 3.32. The Morgan fingerprint density at radius 1 is 1.07 bits per heavy atom. The second kappa shape index (κ2) is 10.6. The summed E-state index contributed by atoms with van der Waals surface area (Å²) in [4.78, 5) is 23.6. The number of para-hydroxylation sites is 1. The van der Waals surface area contributed by atoms with Gasteiger partial charge in [-0.15, -0.1) is 0 Å². The molecule has 0 unspecified atom stereocenters. The molecule has 0 radical (unpaired) electrons. The van der Waals surface area contributed by atoms with Gasteiger partial charge in [0.1, 0.15) is 12.2 Å². The number of hydrogen-bond donors (Lipinski definition) is 2. The minimum absolute atomic E-state index is 0.0827. The number of amides is 2. The van der Waals surface area contributed by atoms with Gasteiger partial charge in [0.25, 0.3) is 0 Å². The topological polar surface area (TPSA) is 91.2 Å². The smallest absolute Gasteiger partial charge is 0.238 e. The van der Waals surface area contributed by atoms with Crippen LogP contribution in [0.3, 0.4) is 0 Å². The van der Waals surface area contributed by atoms with Crippen LogP contribution in [0.4, 0.5) is 5.69 Å². The Morgan fingerprint density at radius 3 is 2.56 bits per heavy atom. The molecule has 2 aromatic rings. The second-order valence-electron chi connectivity index (χ2n) is 6.08. The quantitative estimate of drug-likeness (QED) is 0.667. The maximum atomic E-state index is 12.0. The Labute approximate surface area is 159 Å². The van der Waals surface area contributed by atoms with Crippen molar-refractivity contribution in [3.05, 3.63) is 59.7 Å². The minimum Gasteiger partial charge on any atom is -0.494 e. The second-order valence-corrected chi connectivity index (χ2v) is 6.08. The van der Waals surface area contributed by atoms with Crippen LogP contribution in [0.2, 0.25) is 0 Å². The Morgan fingerprint density at radius 2 is 1.81 bits per heavy atom. The molecule has 0 saturated heterocycles. The van der Waals surface area contributed by atoms with E-state index < -0.39 is 0 Å². The third-order valence-corrected chi connectivity index (χ3v) is 3.84. The summed E-state index contributed by atoms with van der Waals surface area (Å²) >= 11 is 0. The van der Waals surface area contributed by atoms with Gasteiger partial charge in [-0.05, 0) is 37.1 Å². The predicted molar refractivity (Wildman–Crippen MR) is 103 cm³/mol. The van der Waals surface area contributed by atoms with Gasteiger partial charge in [-0.3, -0.25) is 9.59 Å². The Hall–Kier alpha value is -3.33. The molecule has 0 spiro atoms. The summed E-state index contributed by atoms with van der Waals surface area (Å²) in [6.07, 6.45) is 0.761. The summed E-state index contributed by atoms with van der Waals surface area (Å²) in [6, 6.07) is 16.8. The van der Waals surface area contributed by atoms with Gasteiger partial charge in [0, 0.05) is 18.7 Å². The number of carbonyl (C=O) groups is 2. The molecule has 0 fully saturated rings. The number of nitriles is 1. The van der Waals surface area contributed by atoms with Crippen molar-refractivity contribution in [1.82, 2.24) is 5.32 Å². The number of nitrogens with one attached hydrogen (secondary N) is 2. The van der Waals surface area contributed by atoms with E-state index >= 15 is 0 Å². The van der Waals surface area contributed by atoms with Crippen LogP contribution in [-0.2, 0) is 16.1 Å². The zero-order valence-corrected chi connectivity index (χ0v) is 15.3. The van der Waals surface area contributed by atoms with Crippen molar-refractivity contribution in [3.8, 4) is 11.8 Å². The first-order chi connectivity index (χ1) is 13.1. The number of carbonyl (C=O) groups excluding carboxylic acids is 2. The van der Waals surface area contributed by atoms with Gasteiger partial charge in [0.05, 0.1) is 12.7 Å². The molecule has 2 aromatic carbocycles. The minimum atomic E-state index is -0.371. The fourth-order valence-corrected chi connectivity index (χ4v) is 2.40. The summed E-state index contributed by atoms with van der Waals surface area (Å²) in [5.41, 5.74) is 2.56. The van der Waals surface area contributed by atoms with Gasteiger partial charge >= 0.3 is 0 Å². The number of ether oxygens (including phenoxy) is 1. The van der Waals surface area contributed by atoms with Crippen molar-refractivity contribution < 1.29 is 14.3 Å². The van der Waals surface area contributed by atoms with E-state index in [0.29, 0.717) is 31.7 Å². The molecule has 0 aliphatic heterocycles. The van der Waals surface area contributed by atoms with Crippen LogP contribution in [0.5, 0.6) is 5.75 Å². The molecule has 140 valence electrons. The molecule has 0 bridgehead atoms. The van der Waals surface area contributed by atoms with Gasteiger partial charge in [0.15, 0.2) is 0 Å². The van der Waals surface area contributed by atoms with Gasteiger partial charge in [-0.1, -0.05) is 35.9 Å². The number of aryl methyl sites for hydroxylation is 1. The van der Waals surface area contributed by atoms with Gasteiger partial charge < -0.3 is 15.4 Å². The highest BCUT2D eigenvalue weighted by atomic mass is 16.5. The zero-order chi connectivity index (χ0) is 19.5. The molecule has 6 nitrogen and oxygen atoms in total. The van der Waals surface area contributed by atoms with Gasteiger partial charge in [-0.2, -0.15) is 5.26 Å². The molecular formula is C21H23N3O3. The lowest BCUT2D eigenvalue weighted by atomic mass is 10.1. The van der Waals surface area contributed by atoms with Gasteiger partial charge in [-0.25, -0.2) is 0 Å². The summed E-state index contributed by atoms with van der Waals surface area (Å²) in [5, 5.41) is 14.1. The highest BCUT2D eigenvalue weighted by molar-refractivity contribution is 5.92. The molecule has 6 heteroatoms. The van der Waals surface area contributed by atoms with Crippen molar-refractivity contribution in [2.45, 2.75) is 32.7 Å². The standard InChI is InChI=1S/C21H23N3O3/c1-16-8-10-18(11-9-16)27-14-4-7-20(25)23-15-17-5-2-3-6-19(17)24-21(26)12-13-22/h2-3,5-6,8-11H,4,7,12,14-15H2,1H3,(H,23,25)(H,24,26). The van der Waals surface area contributed by atoms with E-state index in [1.54, 1.807) is 18.2 Å². The van der Waals surface area contributed by atoms with Crippen molar-refractivity contribution in [2.75, 3.05) is 11.9 Å². The van der Waals surface area contributed by atoms with E-state index in [2.05, 4.69) is 10.6 Å². The maximum Gasteiger partial charge on any atom is 0.238 e. The molecule has 0 heterocycles. The molecule has 2 N–H and O–H groups in total. The van der Waals surface area contributed by atoms with E-state index in [-0.39, 0.29) is 18.2 Å². The fraction of sp³-hybridized carbons (Fsp3) is 0.286. The molecule has 0 atom stereocenters. The molecule has 2 rings (SSSR count). The van der Waals surface area contributed by atoms with Crippen LogP contribution in [0.1, 0.15) is 30.4 Å². The first-order valence-corrected chi connectivity index (χ1v) is 8.79. The van der Waals surface area contributed by atoms with E-state index in [4.69, 9.17) is 10.00 Å². The van der Waals surface area contributed by atoms with E-state index in [1.807, 2.05) is 43.3 Å². The SMILES string of the molecule is Cc1ccc(OCCCC(=O)NCc2ccccc2NC(=O)CC#N)cc1. The highest BCUT2D eigenvalue weighted by Gasteiger charge is 2.08. The molecule has 0 aliphatic carbocycles. The first-order valence-electron chi connectivity index (χ1n) is 8.79. The van der Waals surface area contributed by atoms with Crippen molar-refractivity contribution >= 4 is 17.5 Å². The van der Waals surface area contributed by atoms with E-state index in [0.717, 1.165) is 11.3 Å². The first kappa shape index (κ1) is 20.0. The Balaban J connectivity index is 1.73. The van der Waals surface area contributed by atoms with Crippen LogP contribution in [0, 0.1) is 18.3 Å². The normalized spacial score (nSPS) is 9.93. The number of anilines is 1. The fourth-order valence-electron chi connectivity index (χ4n) is 2.40. The Kier molecular flexibility index (Phi) is 7.86. The number of rotatable bonds is 9. The van der Waals surface area contributed by atoms with E-state index in [9.17, 15) is 9.59 Å². The van der Waals surface area contributed by atoms with Crippen molar-refractivity contribution in [1.29, 1.82) is 5.26 Å². The lowest BCUT2D eigenvalue weighted by molar-refractivity contribution is -0.121.